The number of benzene rings is 1. The number of hydrogen-bond acceptors (Lipinski definition) is 5. The van der Waals surface area contributed by atoms with Gasteiger partial charge >= 0.3 is 0 Å². The molecule has 0 bridgehead atoms. The van der Waals surface area contributed by atoms with Crippen LogP contribution in [0.5, 0.6) is 0 Å². The summed E-state index contributed by atoms with van der Waals surface area (Å²) in [4.78, 5) is 29.2. The highest BCUT2D eigenvalue weighted by atomic mass is 32.1. The molecule has 1 saturated carbocycles. The van der Waals surface area contributed by atoms with Crippen LogP contribution in [0.2, 0.25) is 0 Å². The lowest BCUT2D eigenvalue weighted by atomic mass is 9.65. The maximum Gasteiger partial charge on any atom is 0.254 e. The van der Waals surface area contributed by atoms with Gasteiger partial charge in [0.1, 0.15) is 5.01 Å². The van der Waals surface area contributed by atoms with Crippen LogP contribution in [0, 0.1) is 12.8 Å². The molecule has 154 valence electrons. The molecule has 0 unspecified atom stereocenters. The molecule has 29 heavy (non-hydrogen) atoms. The fraction of sp³-hybridized carbons (Fsp3) is 0.545. The topological polar surface area (TPSA) is 75.2 Å². The van der Waals surface area contributed by atoms with Crippen LogP contribution in [0.25, 0.3) is 0 Å². The third-order valence-corrected chi connectivity index (χ3v) is 6.86. The Hall–Kier alpha value is -2.28. The van der Waals surface area contributed by atoms with Gasteiger partial charge in [-0.2, -0.15) is 0 Å². The Bertz CT molecular complexity index is 917. The lowest BCUT2D eigenvalue weighted by molar-refractivity contribution is -0.122. The highest BCUT2D eigenvalue weighted by molar-refractivity contribution is 7.15. The molecule has 1 aromatic heterocycles. The van der Waals surface area contributed by atoms with Crippen LogP contribution in [0.15, 0.2) is 24.3 Å². The molecule has 2 aliphatic rings. The second-order valence-corrected chi connectivity index (χ2v) is 9.79. The van der Waals surface area contributed by atoms with Crippen molar-refractivity contribution in [2.24, 2.45) is 5.92 Å². The van der Waals surface area contributed by atoms with Crippen LogP contribution in [-0.4, -0.2) is 39.0 Å². The van der Waals surface area contributed by atoms with Gasteiger partial charge in [0.05, 0.1) is 11.5 Å². The van der Waals surface area contributed by atoms with Crippen molar-refractivity contribution < 1.29 is 9.59 Å². The van der Waals surface area contributed by atoms with E-state index in [0.717, 1.165) is 42.7 Å². The van der Waals surface area contributed by atoms with Gasteiger partial charge in [-0.05, 0) is 37.3 Å². The molecule has 7 heteroatoms. The highest BCUT2D eigenvalue weighted by Crippen LogP contribution is 2.49. The van der Waals surface area contributed by atoms with Crippen molar-refractivity contribution in [1.29, 1.82) is 0 Å². The van der Waals surface area contributed by atoms with Gasteiger partial charge in [-0.15, -0.1) is 10.2 Å². The van der Waals surface area contributed by atoms with E-state index in [2.05, 4.69) is 29.4 Å². The predicted octanol–water partition coefficient (Wildman–Crippen LogP) is 4.38. The van der Waals surface area contributed by atoms with E-state index in [-0.39, 0.29) is 11.8 Å². The minimum atomic E-state index is -0.474. The fourth-order valence-corrected chi connectivity index (χ4v) is 5.59. The molecular weight excluding hydrogens is 384 g/mol. The van der Waals surface area contributed by atoms with Crippen LogP contribution in [-0.2, 0) is 4.79 Å². The number of rotatable bonds is 4. The van der Waals surface area contributed by atoms with Gasteiger partial charge < -0.3 is 4.90 Å². The highest BCUT2D eigenvalue weighted by Gasteiger charge is 2.54. The minimum Gasteiger partial charge on any atom is -0.332 e. The summed E-state index contributed by atoms with van der Waals surface area (Å²) in [5, 5.41) is 12.4. The van der Waals surface area contributed by atoms with Crippen LogP contribution in [0.3, 0.4) is 0 Å². The van der Waals surface area contributed by atoms with Gasteiger partial charge in [-0.3, -0.25) is 14.9 Å². The summed E-state index contributed by atoms with van der Waals surface area (Å²) < 4.78 is 0. The van der Waals surface area contributed by atoms with Gasteiger partial charge in [0.2, 0.25) is 11.0 Å². The molecular formula is C22H28N4O2S. The van der Waals surface area contributed by atoms with Crippen molar-refractivity contribution in [1.82, 2.24) is 15.1 Å². The van der Waals surface area contributed by atoms with Crippen molar-refractivity contribution >= 4 is 28.3 Å². The first-order valence-electron chi connectivity index (χ1n) is 10.4. The summed E-state index contributed by atoms with van der Waals surface area (Å²) in [7, 11) is 0. The number of carbonyl (C=O) groups excluding carboxylic acids is 2. The monoisotopic (exact) mass is 412 g/mol. The van der Waals surface area contributed by atoms with Crippen molar-refractivity contribution in [3.8, 4) is 0 Å². The quantitative estimate of drug-likeness (QED) is 0.808. The van der Waals surface area contributed by atoms with Crippen molar-refractivity contribution in [2.45, 2.75) is 64.3 Å². The summed E-state index contributed by atoms with van der Waals surface area (Å²) in [6.45, 7) is 6.79. The Kier molecular flexibility index (Phi) is 5.42. The molecule has 0 radical (unpaired) electrons. The number of nitrogens with zero attached hydrogens (tertiary/aromatic N) is 3. The Morgan fingerprint density at radius 2 is 1.97 bits per heavy atom. The van der Waals surface area contributed by atoms with Crippen LogP contribution >= 0.6 is 11.3 Å². The van der Waals surface area contributed by atoms with E-state index in [1.165, 1.54) is 11.3 Å². The fourth-order valence-electron chi connectivity index (χ4n) is 5.00. The maximum atomic E-state index is 13.6. The van der Waals surface area contributed by atoms with Gasteiger partial charge in [0, 0.05) is 12.1 Å². The minimum absolute atomic E-state index is 0.0620. The van der Waals surface area contributed by atoms with Gasteiger partial charge in [0.15, 0.2) is 0 Å². The Morgan fingerprint density at radius 1 is 1.24 bits per heavy atom. The van der Waals surface area contributed by atoms with E-state index < -0.39 is 11.5 Å². The van der Waals surface area contributed by atoms with E-state index in [9.17, 15) is 9.59 Å². The molecule has 1 spiro atoms. The zero-order valence-corrected chi connectivity index (χ0v) is 18.1. The number of aryl methyl sites for hydroxylation is 1. The first kappa shape index (κ1) is 20.0. The first-order chi connectivity index (χ1) is 13.9. The molecule has 1 aromatic carbocycles. The molecule has 2 heterocycles. The number of amides is 2. The van der Waals surface area contributed by atoms with E-state index in [1.807, 2.05) is 36.1 Å². The number of carbonyl (C=O) groups is 2. The average Bonchev–Trinajstić information content (AvgIpc) is 3.10. The van der Waals surface area contributed by atoms with Crippen molar-refractivity contribution in [3.63, 3.8) is 0 Å². The maximum absolute atomic E-state index is 13.6. The molecule has 6 nitrogen and oxygen atoms in total. The predicted molar refractivity (Wildman–Crippen MR) is 114 cm³/mol. The number of nitrogens with one attached hydrogen (secondary N) is 1. The van der Waals surface area contributed by atoms with E-state index >= 15 is 0 Å². The third kappa shape index (κ3) is 3.56. The van der Waals surface area contributed by atoms with E-state index in [0.29, 0.717) is 23.2 Å². The van der Waals surface area contributed by atoms with Crippen molar-refractivity contribution in [3.05, 3.63) is 40.4 Å². The Morgan fingerprint density at radius 3 is 2.62 bits per heavy atom. The molecule has 1 atom stereocenters. The molecule has 2 amide bonds. The smallest absolute Gasteiger partial charge is 0.254 e. The Labute approximate surface area is 175 Å². The van der Waals surface area contributed by atoms with E-state index in [1.54, 1.807) is 0 Å². The molecule has 4 rings (SSSR count). The lowest BCUT2D eigenvalue weighted by Crippen LogP contribution is -2.62. The SMILES string of the molecule is Cc1nnc(NC(=O)[C@H]2c3ccccc3C(=O)N(CC(C)C)C23CCCCC3)s1. The summed E-state index contributed by atoms with van der Waals surface area (Å²) in [6.07, 6.45) is 4.93. The zero-order chi connectivity index (χ0) is 20.6. The number of hydrogen-bond donors (Lipinski definition) is 1. The standard InChI is InChI=1S/C22H28N4O2S/c1-14(2)13-26-20(28)17-10-6-5-9-16(17)18(22(26)11-7-4-8-12-22)19(27)23-21-25-24-15(3)29-21/h5-6,9-10,14,18H,4,7-8,11-13H2,1-3H3,(H,23,25,27)/t18-/m1/s1. The normalized spacial score (nSPS) is 20.8. The van der Waals surface area contributed by atoms with Crippen LogP contribution in [0.4, 0.5) is 5.13 Å². The lowest BCUT2D eigenvalue weighted by Gasteiger charge is -2.54. The summed E-state index contributed by atoms with van der Waals surface area (Å²) in [5.74, 6) is -0.0963. The molecule has 1 aliphatic heterocycles. The molecule has 2 aromatic rings. The summed E-state index contributed by atoms with van der Waals surface area (Å²) in [6, 6.07) is 7.62. The molecule has 1 N–H and O–H groups in total. The third-order valence-electron chi connectivity index (χ3n) is 6.11. The number of anilines is 1. The first-order valence-corrected chi connectivity index (χ1v) is 11.3. The second kappa shape index (κ2) is 7.86. The van der Waals surface area contributed by atoms with Gasteiger partial charge in [-0.25, -0.2) is 0 Å². The Balaban J connectivity index is 1.82. The van der Waals surface area contributed by atoms with Gasteiger partial charge in [0.25, 0.3) is 5.91 Å². The van der Waals surface area contributed by atoms with Gasteiger partial charge in [-0.1, -0.05) is 62.6 Å². The van der Waals surface area contributed by atoms with Crippen LogP contribution < -0.4 is 5.32 Å². The summed E-state index contributed by atoms with van der Waals surface area (Å²) >= 11 is 1.37. The molecule has 1 aliphatic carbocycles. The zero-order valence-electron chi connectivity index (χ0n) is 17.3. The number of fused-ring (bicyclic) bond motifs is 1. The van der Waals surface area contributed by atoms with E-state index in [4.69, 9.17) is 0 Å². The van der Waals surface area contributed by atoms with Crippen molar-refractivity contribution in [2.75, 3.05) is 11.9 Å². The molecule has 0 saturated heterocycles. The molecule has 1 fully saturated rings. The second-order valence-electron chi connectivity index (χ2n) is 8.61. The summed E-state index contributed by atoms with van der Waals surface area (Å²) in [5.41, 5.74) is 1.02. The largest absolute Gasteiger partial charge is 0.332 e. The van der Waals surface area contributed by atoms with Crippen LogP contribution in [0.1, 0.15) is 72.8 Å². The number of aromatic nitrogens is 2. The average molecular weight is 413 g/mol.